The molecule has 0 bridgehead atoms. The summed E-state index contributed by atoms with van der Waals surface area (Å²) >= 11 is 5.96. The Bertz CT molecular complexity index is 723. The first-order valence-corrected chi connectivity index (χ1v) is 8.99. The molecule has 2 N–H and O–H groups in total. The van der Waals surface area contributed by atoms with Crippen LogP contribution in [0.5, 0.6) is 11.5 Å². The Kier molecular flexibility index (Phi) is 5.61. The Balaban J connectivity index is 1.61. The maximum absolute atomic E-state index is 12.6. The second-order valence-corrected chi connectivity index (χ2v) is 7.01. The Morgan fingerprint density at radius 1 is 1.16 bits per heavy atom. The zero-order chi connectivity index (χ0) is 17.8. The van der Waals surface area contributed by atoms with Crippen molar-refractivity contribution in [2.24, 2.45) is 11.7 Å². The maximum atomic E-state index is 12.6. The molecule has 0 aromatic heterocycles. The van der Waals surface area contributed by atoms with Gasteiger partial charge in [-0.1, -0.05) is 17.7 Å². The lowest BCUT2D eigenvalue weighted by atomic mass is 9.90. The van der Waals surface area contributed by atoms with Crippen LogP contribution in [0.15, 0.2) is 48.5 Å². The topological polar surface area (TPSA) is 55.6 Å². The second kappa shape index (κ2) is 7.89. The minimum Gasteiger partial charge on any atom is -0.457 e. The van der Waals surface area contributed by atoms with Crippen molar-refractivity contribution in [3.05, 3.63) is 59.1 Å². The van der Waals surface area contributed by atoms with Gasteiger partial charge < -0.3 is 15.4 Å². The number of rotatable bonds is 4. The number of ether oxygens (including phenoxy) is 1. The molecule has 0 saturated carbocycles. The highest BCUT2D eigenvalue weighted by Gasteiger charge is 2.25. The van der Waals surface area contributed by atoms with Gasteiger partial charge in [0.2, 0.25) is 0 Å². The van der Waals surface area contributed by atoms with Crippen molar-refractivity contribution < 1.29 is 9.53 Å². The highest BCUT2D eigenvalue weighted by molar-refractivity contribution is 6.30. The van der Waals surface area contributed by atoms with Crippen LogP contribution in [0, 0.1) is 5.92 Å². The summed E-state index contributed by atoms with van der Waals surface area (Å²) in [6.45, 7) is 3.58. The Morgan fingerprint density at radius 3 is 2.44 bits per heavy atom. The van der Waals surface area contributed by atoms with Crippen LogP contribution >= 0.6 is 11.6 Å². The summed E-state index contributed by atoms with van der Waals surface area (Å²) in [7, 11) is 0. The first-order chi connectivity index (χ1) is 12.0. The minimum absolute atomic E-state index is 0.0671. The van der Waals surface area contributed by atoms with Gasteiger partial charge in [0.25, 0.3) is 5.91 Å². The summed E-state index contributed by atoms with van der Waals surface area (Å²) in [5.74, 6) is 1.92. The van der Waals surface area contributed by atoms with E-state index in [1.807, 2.05) is 36.1 Å². The number of piperidine rings is 1. The van der Waals surface area contributed by atoms with Gasteiger partial charge in [0, 0.05) is 29.7 Å². The van der Waals surface area contributed by atoms with Crippen molar-refractivity contribution in [2.75, 3.05) is 13.1 Å². The van der Waals surface area contributed by atoms with Crippen LogP contribution < -0.4 is 10.5 Å². The molecule has 1 aliphatic heterocycles. The molecular weight excluding hydrogens is 336 g/mol. The molecule has 1 saturated heterocycles. The third kappa shape index (κ3) is 4.53. The largest absolute Gasteiger partial charge is 0.457 e. The summed E-state index contributed by atoms with van der Waals surface area (Å²) in [5, 5.41) is 0.625. The number of benzene rings is 2. The first kappa shape index (κ1) is 17.8. The minimum atomic E-state index is 0.0671. The summed E-state index contributed by atoms with van der Waals surface area (Å²) in [6, 6.07) is 14.6. The van der Waals surface area contributed by atoms with Crippen molar-refractivity contribution in [1.82, 2.24) is 4.90 Å². The van der Waals surface area contributed by atoms with Gasteiger partial charge in [-0.2, -0.15) is 0 Å². The number of nitrogens with zero attached hydrogens (tertiary/aromatic N) is 1. The second-order valence-electron chi connectivity index (χ2n) is 6.57. The summed E-state index contributed by atoms with van der Waals surface area (Å²) in [6.07, 6.45) is 1.94. The van der Waals surface area contributed by atoms with Gasteiger partial charge in [-0.15, -0.1) is 0 Å². The van der Waals surface area contributed by atoms with Crippen molar-refractivity contribution in [3.8, 4) is 11.5 Å². The van der Waals surface area contributed by atoms with E-state index in [2.05, 4.69) is 0 Å². The van der Waals surface area contributed by atoms with Crippen molar-refractivity contribution in [2.45, 2.75) is 25.8 Å². The number of amides is 1. The van der Waals surface area contributed by atoms with E-state index < -0.39 is 0 Å². The molecule has 5 heteroatoms. The van der Waals surface area contributed by atoms with Crippen LogP contribution in [0.25, 0.3) is 0 Å². The zero-order valence-electron chi connectivity index (χ0n) is 14.3. The molecule has 1 heterocycles. The molecule has 2 aromatic rings. The lowest BCUT2D eigenvalue weighted by molar-refractivity contribution is 0.0681. The third-order valence-corrected chi connectivity index (χ3v) is 4.94. The number of carbonyl (C=O) groups is 1. The highest BCUT2D eigenvalue weighted by Crippen LogP contribution is 2.25. The molecule has 0 spiro atoms. The Labute approximate surface area is 153 Å². The lowest BCUT2D eigenvalue weighted by Crippen LogP contribution is -2.42. The van der Waals surface area contributed by atoms with Crippen molar-refractivity contribution >= 4 is 17.5 Å². The van der Waals surface area contributed by atoms with Gasteiger partial charge in [-0.25, -0.2) is 0 Å². The normalized spacial score (nSPS) is 16.5. The zero-order valence-corrected chi connectivity index (χ0v) is 15.1. The maximum Gasteiger partial charge on any atom is 0.253 e. The van der Waals surface area contributed by atoms with Crippen molar-refractivity contribution in [3.63, 3.8) is 0 Å². The SMILES string of the molecule is CC(N)C1CCN(C(=O)c2ccc(Oc3cccc(Cl)c3)cc2)CC1. The molecule has 2 aromatic carbocycles. The van der Waals surface area contributed by atoms with Crippen LogP contribution in [-0.4, -0.2) is 29.9 Å². The van der Waals surface area contributed by atoms with Gasteiger partial charge in [-0.05, 0) is 68.1 Å². The molecular formula is C20H23ClN2O2. The fourth-order valence-corrected chi connectivity index (χ4v) is 3.32. The highest BCUT2D eigenvalue weighted by atomic mass is 35.5. The number of nitrogens with two attached hydrogens (primary N) is 1. The van der Waals surface area contributed by atoms with Crippen LogP contribution in [0.3, 0.4) is 0 Å². The first-order valence-electron chi connectivity index (χ1n) is 8.61. The molecule has 1 amide bonds. The van der Waals surface area contributed by atoms with Gasteiger partial charge >= 0.3 is 0 Å². The molecule has 0 aliphatic carbocycles. The van der Waals surface area contributed by atoms with Gasteiger partial charge in [0.05, 0.1) is 0 Å². The van der Waals surface area contributed by atoms with E-state index in [0.717, 1.165) is 25.9 Å². The molecule has 1 aliphatic rings. The van der Waals surface area contributed by atoms with Crippen LogP contribution in [-0.2, 0) is 0 Å². The van der Waals surface area contributed by atoms with E-state index in [0.29, 0.717) is 28.0 Å². The molecule has 3 rings (SSSR count). The van der Waals surface area contributed by atoms with Gasteiger partial charge in [-0.3, -0.25) is 4.79 Å². The van der Waals surface area contributed by atoms with E-state index >= 15 is 0 Å². The summed E-state index contributed by atoms with van der Waals surface area (Å²) in [5.41, 5.74) is 6.64. The van der Waals surface area contributed by atoms with Gasteiger partial charge in [0.15, 0.2) is 0 Å². The number of hydrogen-bond acceptors (Lipinski definition) is 3. The van der Waals surface area contributed by atoms with E-state index in [1.54, 1.807) is 24.3 Å². The average molecular weight is 359 g/mol. The standard InChI is InChI=1S/C20H23ClN2O2/c1-14(22)15-9-11-23(12-10-15)20(24)16-5-7-18(8-6-16)25-19-4-2-3-17(21)13-19/h2-8,13-15H,9-12,22H2,1H3. The number of likely N-dealkylation sites (tertiary alicyclic amines) is 1. The predicted octanol–water partition coefficient (Wildman–Crippen LogP) is 4.33. The quantitative estimate of drug-likeness (QED) is 0.884. The van der Waals surface area contributed by atoms with E-state index in [-0.39, 0.29) is 11.9 Å². The van der Waals surface area contributed by atoms with Gasteiger partial charge in [0.1, 0.15) is 11.5 Å². The smallest absolute Gasteiger partial charge is 0.253 e. The molecule has 1 unspecified atom stereocenters. The Morgan fingerprint density at radius 2 is 1.84 bits per heavy atom. The molecule has 132 valence electrons. The van der Waals surface area contributed by atoms with Crippen LogP contribution in [0.1, 0.15) is 30.1 Å². The monoisotopic (exact) mass is 358 g/mol. The third-order valence-electron chi connectivity index (χ3n) is 4.70. The fraction of sp³-hybridized carbons (Fsp3) is 0.350. The fourth-order valence-electron chi connectivity index (χ4n) is 3.14. The Hall–Kier alpha value is -2.04. The number of hydrogen-bond donors (Lipinski definition) is 1. The summed E-state index contributed by atoms with van der Waals surface area (Å²) in [4.78, 5) is 14.5. The lowest BCUT2D eigenvalue weighted by Gasteiger charge is -2.33. The molecule has 1 fully saturated rings. The van der Waals surface area contributed by atoms with Crippen LogP contribution in [0.4, 0.5) is 0 Å². The molecule has 25 heavy (non-hydrogen) atoms. The number of halogens is 1. The molecule has 0 radical (unpaired) electrons. The average Bonchev–Trinajstić information content (AvgIpc) is 2.62. The predicted molar refractivity (Wildman–Crippen MR) is 100 cm³/mol. The van der Waals surface area contributed by atoms with E-state index in [4.69, 9.17) is 22.1 Å². The van der Waals surface area contributed by atoms with Crippen molar-refractivity contribution in [1.29, 1.82) is 0 Å². The summed E-state index contributed by atoms with van der Waals surface area (Å²) < 4.78 is 5.76. The van der Waals surface area contributed by atoms with E-state index in [9.17, 15) is 4.79 Å². The number of carbonyl (C=O) groups excluding carboxylic acids is 1. The molecule has 1 atom stereocenters. The van der Waals surface area contributed by atoms with Crippen LogP contribution in [0.2, 0.25) is 5.02 Å². The molecule has 4 nitrogen and oxygen atoms in total. The van der Waals surface area contributed by atoms with E-state index in [1.165, 1.54) is 0 Å².